The summed E-state index contributed by atoms with van der Waals surface area (Å²) in [5.41, 5.74) is 1.77. The summed E-state index contributed by atoms with van der Waals surface area (Å²) in [7, 11) is 0. The second kappa shape index (κ2) is 8.52. The van der Waals surface area contributed by atoms with E-state index in [1.54, 1.807) is 0 Å². The van der Waals surface area contributed by atoms with Crippen molar-refractivity contribution in [1.29, 1.82) is 0 Å². The fraction of sp³-hybridized carbons (Fsp3) is 0.400. The van der Waals surface area contributed by atoms with Gasteiger partial charge in [-0.2, -0.15) is 0 Å². The van der Waals surface area contributed by atoms with Gasteiger partial charge in [0.05, 0.1) is 6.10 Å². The minimum Gasteiger partial charge on any atom is -0.387 e. The maximum absolute atomic E-state index is 13.3. The second-order valence-corrected chi connectivity index (χ2v) is 6.57. The van der Waals surface area contributed by atoms with Gasteiger partial charge in [0.25, 0.3) is 0 Å². The fourth-order valence-corrected chi connectivity index (χ4v) is 3.20. The summed E-state index contributed by atoms with van der Waals surface area (Å²) in [5.74, 6) is -1.80. The highest BCUT2D eigenvalue weighted by molar-refractivity contribution is 5.20. The van der Waals surface area contributed by atoms with Crippen LogP contribution in [0.25, 0.3) is 0 Å². The molecule has 1 aliphatic rings. The lowest BCUT2D eigenvalue weighted by Gasteiger charge is -2.35. The monoisotopic (exact) mass is 346 g/mol. The molecule has 3 rings (SSSR count). The van der Waals surface area contributed by atoms with Crippen LogP contribution < -0.4 is 0 Å². The molecule has 0 bridgehead atoms. The van der Waals surface area contributed by atoms with Gasteiger partial charge < -0.3 is 10.0 Å². The molecule has 134 valence electrons. The minimum atomic E-state index is -0.915. The first-order chi connectivity index (χ1) is 12.1. The number of β-amino-alcohol motifs (C(OH)–C–C–N with tert-alkyl or cyclic N) is 1. The molecule has 1 fully saturated rings. The Kier molecular flexibility index (Phi) is 6.13. The smallest absolute Gasteiger partial charge is 0.159 e. The van der Waals surface area contributed by atoms with Crippen LogP contribution in [0.15, 0.2) is 48.5 Å². The van der Waals surface area contributed by atoms with Gasteiger partial charge in [-0.25, -0.2) is 8.78 Å². The normalized spacial score (nSPS) is 17.6. The lowest BCUT2D eigenvalue weighted by Crippen LogP contribution is -2.47. The van der Waals surface area contributed by atoms with Crippen molar-refractivity contribution in [2.75, 3.05) is 39.3 Å². The average Bonchev–Trinajstić information content (AvgIpc) is 2.64. The highest BCUT2D eigenvalue weighted by Gasteiger charge is 2.20. The Hall–Kier alpha value is -1.82. The van der Waals surface area contributed by atoms with Crippen molar-refractivity contribution in [2.24, 2.45) is 0 Å². The van der Waals surface area contributed by atoms with Crippen LogP contribution in [0.4, 0.5) is 8.78 Å². The molecular weight excluding hydrogens is 322 g/mol. The molecule has 1 aliphatic heterocycles. The number of halogens is 2. The summed E-state index contributed by atoms with van der Waals surface area (Å²) >= 11 is 0. The molecule has 2 aromatic carbocycles. The van der Waals surface area contributed by atoms with Gasteiger partial charge in [-0.15, -0.1) is 0 Å². The Bertz CT molecular complexity index is 673. The standard InChI is InChI=1S/C20H24F2N2O/c21-18-7-6-17(14-19(18)22)20(25)15-24-12-10-23(11-13-24)9-8-16-4-2-1-3-5-16/h1-7,14,20,25H,8-13,15H2. The van der Waals surface area contributed by atoms with Crippen molar-refractivity contribution in [3.05, 3.63) is 71.3 Å². The lowest BCUT2D eigenvalue weighted by molar-refractivity contribution is 0.0728. The van der Waals surface area contributed by atoms with Crippen molar-refractivity contribution >= 4 is 0 Å². The van der Waals surface area contributed by atoms with E-state index in [-0.39, 0.29) is 0 Å². The van der Waals surface area contributed by atoms with E-state index in [9.17, 15) is 13.9 Å². The number of aliphatic hydroxyl groups excluding tert-OH is 1. The van der Waals surface area contributed by atoms with Crippen LogP contribution in [0, 0.1) is 11.6 Å². The van der Waals surface area contributed by atoms with Crippen LogP contribution in [0.2, 0.25) is 0 Å². The zero-order valence-electron chi connectivity index (χ0n) is 14.2. The van der Waals surface area contributed by atoms with Crippen LogP contribution in [-0.2, 0) is 6.42 Å². The van der Waals surface area contributed by atoms with Gasteiger partial charge in [0.1, 0.15) is 0 Å². The van der Waals surface area contributed by atoms with Crippen LogP contribution in [-0.4, -0.2) is 54.2 Å². The zero-order chi connectivity index (χ0) is 17.6. The average molecular weight is 346 g/mol. The molecule has 0 saturated carbocycles. The third kappa shape index (κ3) is 5.08. The highest BCUT2D eigenvalue weighted by Crippen LogP contribution is 2.18. The van der Waals surface area contributed by atoms with E-state index in [0.717, 1.165) is 51.3 Å². The summed E-state index contributed by atoms with van der Waals surface area (Å²) in [4.78, 5) is 4.60. The number of piperazine rings is 1. The van der Waals surface area contributed by atoms with E-state index in [1.807, 2.05) is 6.07 Å². The van der Waals surface area contributed by atoms with Gasteiger partial charge in [-0.05, 0) is 29.7 Å². The Morgan fingerprint density at radius 2 is 1.56 bits per heavy atom. The first-order valence-electron chi connectivity index (χ1n) is 8.73. The van der Waals surface area contributed by atoms with E-state index >= 15 is 0 Å². The summed E-state index contributed by atoms with van der Waals surface area (Å²) in [6.07, 6.45) is 0.240. The maximum atomic E-state index is 13.3. The van der Waals surface area contributed by atoms with E-state index in [1.165, 1.54) is 11.6 Å². The molecule has 0 aromatic heterocycles. The Morgan fingerprint density at radius 3 is 2.24 bits per heavy atom. The maximum Gasteiger partial charge on any atom is 0.159 e. The fourth-order valence-electron chi connectivity index (χ4n) is 3.20. The largest absolute Gasteiger partial charge is 0.387 e. The van der Waals surface area contributed by atoms with Gasteiger partial charge in [0.2, 0.25) is 0 Å². The topological polar surface area (TPSA) is 26.7 Å². The predicted octanol–water partition coefficient (Wildman–Crippen LogP) is 2.86. The molecule has 25 heavy (non-hydrogen) atoms. The number of benzene rings is 2. The van der Waals surface area contributed by atoms with Gasteiger partial charge in [0, 0.05) is 39.3 Å². The van der Waals surface area contributed by atoms with Gasteiger partial charge >= 0.3 is 0 Å². The lowest BCUT2D eigenvalue weighted by atomic mass is 10.1. The van der Waals surface area contributed by atoms with Crippen LogP contribution >= 0.6 is 0 Å². The first-order valence-corrected chi connectivity index (χ1v) is 8.73. The van der Waals surface area contributed by atoms with Crippen molar-refractivity contribution in [2.45, 2.75) is 12.5 Å². The first kappa shape index (κ1) is 18.0. The van der Waals surface area contributed by atoms with Crippen LogP contribution in [0.5, 0.6) is 0 Å². The Balaban J connectivity index is 1.43. The minimum absolute atomic E-state index is 0.422. The number of hydrogen-bond donors (Lipinski definition) is 1. The van der Waals surface area contributed by atoms with Crippen molar-refractivity contribution in [3.8, 4) is 0 Å². The molecule has 1 atom stereocenters. The third-order valence-corrected chi connectivity index (χ3v) is 4.78. The van der Waals surface area contributed by atoms with Crippen LogP contribution in [0.3, 0.4) is 0 Å². The number of aliphatic hydroxyl groups is 1. The summed E-state index contributed by atoms with van der Waals surface area (Å²) in [5, 5.41) is 10.3. The molecule has 2 aromatic rings. The molecular formula is C20H24F2N2O. The molecule has 1 heterocycles. The van der Waals surface area contributed by atoms with E-state index in [0.29, 0.717) is 12.1 Å². The molecule has 1 N–H and O–H groups in total. The molecule has 0 radical (unpaired) electrons. The van der Waals surface area contributed by atoms with Crippen molar-refractivity contribution < 1.29 is 13.9 Å². The highest BCUT2D eigenvalue weighted by atomic mass is 19.2. The number of rotatable bonds is 6. The summed E-state index contributed by atoms with van der Waals surface area (Å²) in [6, 6.07) is 14.0. The summed E-state index contributed by atoms with van der Waals surface area (Å²) < 4.78 is 26.3. The quantitative estimate of drug-likeness (QED) is 0.871. The Labute approximate surface area is 147 Å². The van der Waals surface area contributed by atoms with Crippen molar-refractivity contribution in [1.82, 2.24) is 9.80 Å². The number of nitrogens with zero attached hydrogens (tertiary/aromatic N) is 2. The molecule has 0 amide bonds. The third-order valence-electron chi connectivity index (χ3n) is 4.78. The molecule has 0 spiro atoms. The van der Waals surface area contributed by atoms with E-state index in [4.69, 9.17) is 0 Å². The Morgan fingerprint density at radius 1 is 0.880 bits per heavy atom. The van der Waals surface area contributed by atoms with Crippen molar-refractivity contribution in [3.63, 3.8) is 0 Å². The zero-order valence-corrected chi connectivity index (χ0v) is 14.2. The second-order valence-electron chi connectivity index (χ2n) is 6.57. The molecule has 0 aliphatic carbocycles. The molecule has 3 nitrogen and oxygen atoms in total. The van der Waals surface area contributed by atoms with E-state index in [2.05, 4.69) is 34.1 Å². The van der Waals surface area contributed by atoms with Gasteiger partial charge in [-0.3, -0.25) is 4.90 Å². The van der Waals surface area contributed by atoms with Gasteiger partial charge in [0.15, 0.2) is 11.6 Å². The predicted molar refractivity (Wildman–Crippen MR) is 94.3 cm³/mol. The molecule has 1 saturated heterocycles. The van der Waals surface area contributed by atoms with Gasteiger partial charge in [-0.1, -0.05) is 36.4 Å². The molecule has 5 heteroatoms. The summed E-state index contributed by atoms with van der Waals surface area (Å²) in [6.45, 7) is 5.13. The number of hydrogen-bond acceptors (Lipinski definition) is 3. The molecule has 1 unspecified atom stereocenters. The van der Waals surface area contributed by atoms with Crippen LogP contribution in [0.1, 0.15) is 17.2 Å². The van der Waals surface area contributed by atoms with E-state index < -0.39 is 17.7 Å². The SMILES string of the molecule is OC(CN1CCN(CCc2ccccc2)CC1)c1ccc(F)c(F)c1.